The summed E-state index contributed by atoms with van der Waals surface area (Å²) in [7, 11) is 6.37. The Bertz CT molecular complexity index is 353. The van der Waals surface area contributed by atoms with Crippen molar-refractivity contribution in [3.63, 3.8) is 0 Å². The summed E-state index contributed by atoms with van der Waals surface area (Å²) in [5, 5.41) is 0. The minimum atomic E-state index is 0.795. The third kappa shape index (κ3) is 5.52. The maximum atomic E-state index is 5.77. The normalized spacial score (nSPS) is 11.4. The molecule has 0 aliphatic carbocycles. The third-order valence-corrected chi connectivity index (χ3v) is 3.35. The summed E-state index contributed by atoms with van der Waals surface area (Å²) >= 11 is 3.46. The molecule has 0 aliphatic rings. The van der Waals surface area contributed by atoms with Gasteiger partial charge in [-0.25, -0.2) is 0 Å². The molecule has 0 saturated carbocycles. The maximum absolute atomic E-state index is 5.77. The van der Waals surface area contributed by atoms with E-state index >= 15 is 0 Å². The molecule has 0 fully saturated rings. The standard InChI is InChI=1S/C13H22BrN3/c1-16(2)7-4-8-17(3)10-11-5-6-13(15)12(14)9-11/h5-6,9H,4,7-8,10,15H2,1-3H3. The van der Waals surface area contributed by atoms with E-state index in [9.17, 15) is 0 Å². The average Bonchev–Trinajstić information content (AvgIpc) is 2.23. The summed E-state index contributed by atoms with van der Waals surface area (Å²) in [6.45, 7) is 3.21. The van der Waals surface area contributed by atoms with Crippen LogP contribution in [-0.2, 0) is 6.54 Å². The number of nitrogens with two attached hydrogens (primary N) is 1. The molecular formula is C13H22BrN3. The Hall–Kier alpha value is -0.580. The van der Waals surface area contributed by atoms with E-state index in [-0.39, 0.29) is 0 Å². The van der Waals surface area contributed by atoms with Crippen molar-refractivity contribution in [1.82, 2.24) is 9.80 Å². The number of benzene rings is 1. The lowest BCUT2D eigenvalue weighted by Gasteiger charge is -2.18. The Morgan fingerprint density at radius 2 is 1.88 bits per heavy atom. The van der Waals surface area contributed by atoms with Crippen molar-refractivity contribution in [3.8, 4) is 0 Å². The van der Waals surface area contributed by atoms with E-state index in [0.29, 0.717) is 0 Å². The van der Waals surface area contributed by atoms with Crippen LogP contribution in [0, 0.1) is 0 Å². The fourth-order valence-electron chi connectivity index (χ4n) is 1.72. The molecule has 0 aromatic heterocycles. The summed E-state index contributed by atoms with van der Waals surface area (Å²) in [4.78, 5) is 4.55. The smallest absolute Gasteiger partial charge is 0.0458 e. The molecule has 3 nitrogen and oxygen atoms in total. The zero-order valence-corrected chi connectivity index (χ0v) is 12.5. The molecule has 96 valence electrons. The Kier molecular flexibility index (Phi) is 5.95. The SMILES string of the molecule is CN(C)CCCN(C)Cc1ccc(N)c(Br)c1. The third-order valence-electron chi connectivity index (χ3n) is 2.66. The summed E-state index contributed by atoms with van der Waals surface area (Å²) in [6.07, 6.45) is 1.19. The van der Waals surface area contributed by atoms with Gasteiger partial charge in [0.1, 0.15) is 0 Å². The van der Waals surface area contributed by atoms with Crippen LogP contribution in [0.4, 0.5) is 5.69 Å². The number of rotatable bonds is 6. The van der Waals surface area contributed by atoms with E-state index in [1.165, 1.54) is 12.0 Å². The van der Waals surface area contributed by atoms with Crippen molar-refractivity contribution in [2.45, 2.75) is 13.0 Å². The molecule has 0 bridgehead atoms. The van der Waals surface area contributed by atoms with Gasteiger partial charge in [-0.3, -0.25) is 0 Å². The Balaban J connectivity index is 2.39. The Labute approximate surface area is 113 Å². The lowest BCUT2D eigenvalue weighted by Crippen LogP contribution is -2.23. The first-order valence-corrected chi connectivity index (χ1v) is 6.65. The van der Waals surface area contributed by atoms with Crippen LogP contribution in [0.5, 0.6) is 0 Å². The van der Waals surface area contributed by atoms with Crippen LogP contribution in [0.3, 0.4) is 0 Å². The zero-order chi connectivity index (χ0) is 12.8. The van der Waals surface area contributed by atoms with E-state index < -0.39 is 0 Å². The van der Waals surface area contributed by atoms with Crippen LogP contribution >= 0.6 is 15.9 Å². The van der Waals surface area contributed by atoms with Crippen LogP contribution in [0.1, 0.15) is 12.0 Å². The lowest BCUT2D eigenvalue weighted by molar-refractivity contribution is 0.294. The molecule has 0 atom stereocenters. The monoisotopic (exact) mass is 299 g/mol. The van der Waals surface area contributed by atoms with E-state index in [4.69, 9.17) is 5.73 Å². The highest BCUT2D eigenvalue weighted by Gasteiger charge is 2.03. The summed E-state index contributed by atoms with van der Waals surface area (Å²) in [5.74, 6) is 0. The van der Waals surface area contributed by atoms with Gasteiger partial charge < -0.3 is 15.5 Å². The van der Waals surface area contributed by atoms with Crippen LogP contribution in [0.25, 0.3) is 0 Å². The van der Waals surface area contributed by atoms with Crippen LogP contribution in [-0.4, -0.2) is 44.0 Å². The fraction of sp³-hybridized carbons (Fsp3) is 0.538. The van der Waals surface area contributed by atoms with Gasteiger partial charge in [0.15, 0.2) is 0 Å². The average molecular weight is 300 g/mol. The van der Waals surface area contributed by atoms with Gasteiger partial charge in [0, 0.05) is 16.7 Å². The number of hydrogen-bond donors (Lipinski definition) is 1. The second-order valence-electron chi connectivity index (χ2n) is 4.75. The number of nitrogens with zero attached hydrogens (tertiary/aromatic N) is 2. The molecule has 4 heteroatoms. The van der Waals surface area contributed by atoms with Gasteiger partial charge in [-0.2, -0.15) is 0 Å². The zero-order valence-electron chi connectivity index (χ0n) is 10.9. The first-order chi connectivity index (χ1) is 7.99. The first kappa shape index (κ1) is 14.5. The van der Waals surface area contributed by atoms with Crippen molar-refractivity contribution in [2.24, 2.45) is 0 Å². The number of anilines is 1. The molecule has 0 saturated heterocycles. The first-order valence-electron chi connectivity index (χ1n) is 5.86. The van der Waals surface area contributed by atoms with Crippen LogP contribution < -0.4 is 5.73 Å². The minimum Gasteiger partial charge on any atom is -0.398 e. The molecule has 0 radical (unpaired) electrons. The predicted molar refractivity (Wildman–Crippen MR) is 78.1 cm³/mol. The summed E-state index contributed by atoms with van der Waals surface area (Å²) in [6, 6.07) is 6.13. The van der Waals surface area contributed by atoms with E-state index in [0.717, 1.165) is 29.8 Å². The molecule has 0 amide bonds. The van der Waals surface area contributed by atoms with Gasteiger partial charge in [0.25, 0.3) is 0 Å². The number of nitrogen functional groups attached to an aromatic ring is 1. The highest BCUT2D eigenvalue weighted by molar-refractivity contribution is 9.10. The van der Waals surface area contributed by atoms with Gasteiger partial charge in [-0.1, -0.05) is 6.07 Å². The van der Waals surface area contributed by atoms with Crippen LogP contribution in [0.2, 0.25) is 0 Å². The minimum absolute atomic E-state index is 0.795. The highest BCUT2D eigenvalue weighted by atomic mass is 79.9. The molecule has 0 aliphatic heterocycles. The summed E-state index contributed by atoms with van der Waals surface area (Å²) < 4.78 is 0.983. The largest absolute Gasteiger partial charge is 0.398 e. The predicted octanol–water partition coefficient (Wildman–Crippen LogP) is 2.41. The fourth-order valence-corrected chi connectivity index (χ4v) is 2.14. The Morgan fingerprint density at radius 1 is 1.18 bits per heavy atom. The topological polar surface area (TPSA) is 32.5 Å². The molecular weight excluding hydrogens is 278 g/mol. The molecule has 0 spiro atoms. The quantitative estimate of drug-likeness (QED) is 0.819. The van der Waals surface area contributed by atoms with Gasteiger partial charge in [-0.05, 0) is 74.3 Å². The molecule has 2 N–H and O–H groups in total. The number of halogens is 1. The highest BCUT2D eigenvalue weighted by Crippen LogP contribution is 2.20. The van der Waals surface area contributed by atoms with Crippen molar-refractivity contribution < 1.29 is 0 Å². The molecule has 1 aromatic rings. The van der Waals surface area contributed by atoms with Crippen LogP contribution in [0.15, 0.2) is 22.7 Å². The van der Waals surface area contributed by atoms with E-state index in [2.05, 4.69) is 59.0 Å². The van der Waals surface area contributed by atoms with Crippen molar-refractivity contribution in [1.29, 1.82) is 0 Å². The molecule has 17 heavy (non-hydrogen) atoms. The molecule has 1 rings (SSSR count). The molecule has 0 unspecified atom stereocenters. The Morgan fingerprint density at radius 3 is 2.47 bits per heavy atom. The second kappa shape index (κ2) is 6.99. The van der Waals surface area contributed by atoms with Crippen molar-refractivity contribution >= 4 is 21.6 Å². The van der Waals surface area contributed by atoms with Gasteiger partial charge in [0.05, 0.1) is 0 Å². The van der Waals surface area contributed by atoms with Gasteiger partial charge in [-0.15, -0.1) is 0 Å². The van der Waals surface area contributed by atoms with Crippen molar-refractivity contribution in [3.05, 3.63) is 28.2 Å². The van der Waals surface area contributed by atoms with E-state index in [1.807, 2.05) is 6.07 Å². The van der Waals surface area contributed by atoms with Gasteiger partial charge >= 0.3 is 0 Å². The number of hydrogen-bond acceptors (Lipinski definition) is 3. The summed E-state index contributed by atoms with van der Waals surface area (Å²) in [5.41, 5.74) is 7.85. The molecule has 1 aromatic carbocycles. The van der Waals surface area contributed by atoms with Gasteiger partial charge in [0.2, 0.25) is 0 Å². The van der Waals surface area contributed by atoms with E-state index in [1.54, 1.807) is 0 Å². The van der Waals surface area contributed by atoms with Crippen molar-refractivity contribution in [2.75, 3.05) is 40.0 Å². The maximum Gasteiger partial charge on any atom is 0.0458 e. The second-order valence-corrected chi connectivity index (χ2v) is 5.60. The molecule has 0 heterocycles. The lowest BCUT2D eigenvalue weighted by atomic mass is 10.2.